The Hall–Kier alpha value is -3.50. The minimum Gasteiger partial charge on any atom is -0.394 e. The number of urea groups is 1. The second-order valence-electron chi connectivity index (χ2n) is 8.80. The molecule has 226 valence electrons. The molecule has 0 radical (unpaired) electrons. The van der Waals surface area contributed by atoms with Crippen LogP contribution in [0.3, 0.4) is 0 Å². The number of nitrogen functional groups attached to an aromatic ring is 1. The van der Waals surface area contributed by atoms with E-state index >= 15 is 0 Å². The Morgan fingerprint density at radius 1 is 1.27 bits per heavy atom. The molecule has 4 rings (SSSR count). The van der Waals surface area contributed by atoms with E-state index in [0.717, 1.165) is 17.1 Å². The Labute approximate surface area is 229 Å². The molecule has 41 heavy (non-hydrogen) atoms. The Morgan fingerprint density at radius 3 is 2.61 bits per heavy atom. The first-order valence-corrected chi connectivity index (χ1v) is 13.2. The van der Waals surface area contributed by atoms with Crippen molar-refractivity contribution in [3.05, 3.63) is 29.5 Å². The van der Waals surface area contributed by atoms with E-state index in [1.165, 1.54) is 0 Å². The standard InChI is InChI=1S/C19H28N9O12P/c1-2-27(19(34)26-17(20)21)16-11(32)12(6(3-29)38-16)40-41(35,36)37-4-7-9(30)10(31)15(39-7)28-5-23-8-13(28)24-18(22)25-14(8)33/h2,5-7,9-12,15-16,29-32H,1,3-4H2,(H,35,36)(H4,20,21,26,34)(H3,22,24,25,33)/t6-,7-,9+,10?,11?,12+,15-,16-/m1/s1. The van der Waals surface area contributed by atoms with Gasteiger partial charge in [0.05, 0.1) is 19.5 Å². The lowest BCUT2D eigenvalue weighted by molar-refractivity contribution is -0.0647. The van der Waals surface area contributed by atoms with Crippen molar-refractivity contribution in [1.29, 1.82) is 0 Å². The number of nitrogens with one attached hydrogen (secondary N) is 1. The van der Waals surface area contributed by atoms with Crippen LogP contribution in [0.4, 0.5) is 10.7 Å². The third-order valence-corrected chi connectivity index (χ3v) is 7.11. The summed E-state index contributed by atoms with van der Waals surface area (Å²) in [6, 6.07) is -1.10. The summed E-state index contributed by atoms with van der Waals surface area (Å²) in [6.07, 6.45) is -10.6. The molecule has 2 aliphatic heterocycles. The lowest BCUT2D eigenvalue weighted by Gasteiger charge is -2.26. The van der Waals surface area contributed by atoms with Gasteiger partial charge in [-0.1, -0.05) is 6.58 Å². The number of aromatic nitrogens is 4. The summed E-state index contributed by atoms with van der Waals surface area (Å²) in [5.74, 6) is -0.845. The highest BCUT2D eigenvalue weighted by Gasteiger charge is 2.51. The molecule has 2 saturated heterocycles. The molecule has 0 aliphatic carbocycles. The summed E-state index contributed by atoms with van der Waals surface area (Å²) < 4.78 is 34.8. The van der Waals surface area contributed by atoms with Crippen LogP contribution in [0.5, 0.6) is 0 Å². The lowest BCUT2D eigenvalue weighted by atomic mass is 10.1. The van der Waals surface area contributed by atoms with Gasteiger partial charge in [-0.25, -0.2) is 14.3 Å². The summed E-state index contributed by atoms with van der Waals surface area (Å²) in [5.41, 5.74) is 15.1. The number of guanidine groups is 1. The van der Waals surface area contributed by atoms with Crippen LogP contribution in [0.1, 0.15) is 6.23 Å². The Bertz CT molecular complexity index is 1430. The van der Waals surface area contributed by atoms with Crippen LogP contribution >= 0.6 is 7.82 Å². The summed E-state index contributed by atoms with van der Waals surface area (Å²) in [6.45, 7) is 1.76. The third-order valence-electron chi connectivity index (χ3n) is 6.12. The van der Waals surface area contributed by atoms with E-state index in [2.05, 4.69) is 26.5 Å². The van der Waals surface area contributed by atoms with Crippen molar-refractivity contribution in [2.24, 2.45) is 16.5 Å². The predicted molar refractivity (Wildman–Crippen MR) is 134 cm³/mol. The summed E-state index contributed by atoms with van der Waals surface area (Å²) in [4.78, 5) is 48.6. The molecule has 22 heteroatoms. The second kappa shape index (κ2) is 11.8. The Morgan fingerprint density at radius 2 is 1.98 bits per heavy atom. The number of rotatable bonds is 9. The molecule has 2 aliphatic rings. The first kappa shape index (κ1) is 30.5. The average Bonchev–Trinajstić information content (AvgIpc) is 3.53. The number of aliphatic hydroxyl groups excluding tert-OH is 4. The number of nitrogens with two attached hydrogens (primary N) is 3. The van der Waals surface area contributed by atoms with E-state index < -0.39 is 87.7 Å². The van der Waals surface area contributed by atoms with Crippen LogP contribution in [0.2, 0.25) is 0 Å². The van der Waals surface area contributed by atoms with Crippen LogP contribution in [-0.2, 0) is 23.1 Å². The second-order valence-corrected chi connectivity index (χ2v) is 10.2. The van der Waals surface area contributed by atoms with Crippen molar-refractivity contribution in [3.8, 4) is 0 Å². The summed E-state index contributed by atoms with van der Waals surface area (Å²) in [7, 11) is -5.09. The number of hydrogen-bond acceptors (Lipinski definition) is 14. The van der Waals surface area contributed by atoms with E-state index in [1.54, 1.807) is 0 Å². The number of aliphatic imine (C=N–C) groups is 1. The number of fused-ring (bicyclic) bond motifs is 1. The van der Waals surface area contributed by atoms with Crippen LogP contribution in [0, 0.1) is 0 Å². The maximum atomic E-state index is 12.7. The van der Waals surface area contributed by atoms with Gasteiger partial charge in [0.15, 0.2) is 29.6 Å². The number of amides is 2. The Balaban J connectivity index is 1.44. The molecule has 0 saturated carbocycles. The number of phosphoric acid groups is 1. The van der Waals surface area contributed by atoms with E-state index in [4.69, 9.17) is 35.7 Å². The molecule has 0 spiro atoms. The van der Waals surface area contributed by atoms with Crippen molar-refractivity contribution in [1.82, 2.24) is 24.4 Å². The zero-order chi connectivity index (χ0) is 30.2. The molecule has 2 aromatic heterocycles. The van der Waals surface area contributed by atoms with Crippen molar-refractivity contribution in [2.45, 2.75) is 49.1 Å². The minimum absolute atomic E-state index is 0.0630. The number of carbonyl (C=O) groups excluding carboxylic acids is 1. The van der Waals surface area contributed by atoms with Crippen LogP contribution < -0.4 is 22.8 Å². The normalized spacial score (nSPS) is 31.1. The topological polar surface area (TPSA) is 329 Å². The highest BCUT2D eigenvalue weighted by atomic mass is 31.2. The van der Waals surface area contributed by atoms with Crippen LogP contribution in [-0.4, -0.2) is 118 Å². The molecule has 12 N–H and O–H groups in total. The summed E-state index contributed by atoms with van der Waals surface area (Å²) >= 11 is 0. The van der Waals surface area contributed by atoms with Gasteiger partial charge in [0.25, 0.3) is 5.56 Å². The SMILES string of the molecule is C=CN(C(=O)N=C(N)N)[C@@H]1O[C@H](CO)[C@H](OP(=O)(O)OC[C@H]2O[C@@H](n3cnc4c(=O)[nH]c(N)nc43)C(O)[C@H]2O)C1O. The number of aromatic amines is 1. The number of ether oxygens (including phenoxy) is 2. The van der Waals surface area contributed by atoms with Gasteiger partial charge in [-0.2, -0.15) is 9.98 Å². The number of carbonyl (C=O) groups is 1. The zero-order valence-corrected chi connectivity index (χ0v) is 21.8. The molecule has 2 amide bonds. The third kappa shape index (κ3) is 6.08. The van der Waals surface area contributed by atoms with E-state index in [1.807, 2.05) is 0 Å². The fraction of sp³-hybridized carbons (Fsp3) is 0.526. The number of H-pyrrole nitrogens is 1. The molecular formula is C19H28N9O12P. The largest absolute Gasteiger partial charge is 0.472 e. The minimum atomic E-state index is -5.09. The van der Waals surface area contributed by atoms with Gasteiger partial charge in [-0.05, 0) is 0 Å². The highest BCUT2D eigenvalue weighted by molar-refractivity contribution is 7.47. The van der Waals surface area contributed by atoms with Crippen molar-refractivity contribution < 1.29 is 53.2 Å². The van der Waals surface area contributed by atoms with E-state index in [9.17, 15) is 39.5 Å². The van der Waals surface area contributed by atoms with Gasteiger partial charge in [0, 0.05) is 6.20 Å². The van der Waals surface area contributed by atoms with Crippen molar-refractivity contribution in [2.75, 3.05) is 18.9 Å². The molecule has 21 nitrogen and oxygen atoms in total. The smallest absolute Gasteiger partial charge is 0.394 e. The summed E-state index contributed by atoms with van der Waals surface area (Å²) in [5, 5.41) is 41.3. The van der Waals surface area contributed by atoms with Crippen LogP contribution in [0.25, 0.3) is 11.2 Å². The fourth-order valence-electron chi connectivity index (χ4n) is 4.26. The Kier molecular flexibility index (Phi) is 8.75. The number of nitrogens with zero attached hydrogens (tertiary/aromatic N) is 5. The lowest BCUT2D eigenvalue weighted by Crippen LogP contribution is -2.44. The molecule has 0 aromatic carbocycles. The van der Waals surface area contributed by atoms with Crippen LogP contribution in [0.15, 0.2) is 28.9 Å². The van der Waals surface area contributed by atoms with E-state index in [0.29, 0.717) is 4.90 Å². The van der Waals surface area contributed by atoms with Gasteiger partial charge < -0.3 is 52.0 Å². The predicted octanol–water partition coefficient (Wildman–Crippen LogP) is -4.26. The quantitative estimate of drug-likeness (QED) is 0.0742. The maximum absolute atomic E-state index is 12.7. The average molecular weight is 605 g/mol. The number of hydrogen-bond donors (Lipinski definition) is 9. The van der Waals surface area contributed by atoms with E-state index in [-0.39, 0.29) is 17.1 Å². The molecule has 9 atom stereocenters. The molecule has 3 unspecified atom stereocenters. The number of aliphatic hydroxyl groups is 4. The van der Waals surface area contributed by atoms with Gasteiger partial charge in [-0.3, -0.25) is 28.3 Å². The number of imidazole rings is 1. The van der Waals surface area contributed by atoms with Gasteiger partial charge in [-0.15, -0.1) is 0 Å². The van der Waals surface area contributed by atoms with Crippen molar-refractivity contribution in [3.63, 3.8) is 0 Å². The maximum Gasteiger partial charge on any atom is 0.472 e. The molecule has 2 fully saturated rings. The number of anilines is 1. The fourth-order valence-corrected chi connectivity index (χ4v) is 5.23. The van der Waals surface area contributed by atoms with Gasteiger partial charge in [0.2, 0.25) is 5.95 Å². The van der Waals surface area contributed by atoms with Gasteiger partial charge in [0.1, 0.15) is 36.6 Å². The monoisotopic (exact) mass is 605 g/mol. The first-order valence-electron chi connectivity index (χ1n) is 11.7. The number of phosphoric ester groups is 1. The zero-order valence-electron chi connectivity index (χ0n) is 20.9. The molecule has 0 bridgehead atoms. The van der Waals surface area contributed by atoms with Crippen molar-refractivity contribution >= 4 is 36.9 Å². The molecule has 2 aromatic rings. The highest BCUT2D eigenvalue weighted by Crippen LogP contribution is 2.48. The molecule has 4 heterocycles. The first-order chi connectivity index (χ1) is 19.3. The molecular weight excluding hydrogens is 577 g/mol. The van der Waals surface area contributed by atoms with Gasteiger partial charge >= 0.3 is 13.9 Å².